The zero-order chi connectivity index (χ0) is 14.5. The molecule has 0 heterocycles. The van der Waals surface area contributed by atoms with Crippen LogP contribution >= 0.6 is 0 Å². The average Bonchev–Trinajstić information content (AvgIpc) is 2.30. The van der Waals surface area contributed by atoms with Crippen molar-refractivity contribution in [3.05, 3.63) is 0 Å². The first kappa shape index (κ1) is 19.0. The highest BCUT2D eigenvalue weighted by Crippen LogP contribution is 2.10. The van der Waals surface area contributed by atoms with Gasteiger partial charge in [-0.15, -0.1) is 0 Å². The summed E-state index contributed by atoms with van der Waals surface area (Å²) in [7, 11) is 0. The van der Waals surface area contributed by atoms with Gasteiger partial charge in [-0.05, 0) is 24.8 Å². The highest BCUT2D eigenvalue weighted by molar-refractivity contribution is 4.62. The molecule has 116 valence electrons. The summed E-state index contributed by atoms with van der Waals surface area (Å²) in [6.45, 7) is 15.5. The molecule has 0 bridgehead atoms. The Labute approximate surface area is 123 Å². The fourth-order valence-electron chi connectivity index (χ4n) is 2.76. The molecule has 1 nitrogen and oxygen atoms in total. The van der Waals surface area contributed by atoms with E-state index in [-0.39, 0.29) is 0 Å². The van der Waals surface area contributed by atoms with E-state index >= 15 is 0 Å². The van der Waals surface area contributed by atoms with Crippen molar-refractivity contribution in [3.8, 4) is 0 Å². The second kappa shape index (κ2) is 13.0. The smallest absolute Gasteiger partial charge is 0.000449 e. The van der Waals surface area contributed by atoms with Gasteiger partial charge in [-0.25, -0.2) is 0 Å². The lowest BCUT2D eigenvalue weighted by atomic mass is 10.1. The third kappa shape index (κ3) is 14.2. The highest BCUT2D eigenvalue weighted by Gasteiger charge is 2.08. The van der Waals surface area contributed by atoms with Crippen LogP contribution in [-0.4, -0.2) is 24.5 Å². The van der Waals surface area contributed by atoms with Crippen molar-refractivity contribution >= 4 is 0 Å². The number of hydrogen-bond acceptors (Lipinski definition) is 1. The molecule has 0 saturated heterocycles. The van der Waals surface area contributed by atoms with Crippen LogP contribution in [-0.2, 0) is 0 Å². The fourth-order valence-corrected chi connectivity index (χ4v) is 2.76. The van der Waals surface area contributed by atoms with Crippen LogP contribution in [0.15, 0.2) is 0 Å². The van der Waals surface area contributed by atoms with E-state index < -0.39 is 0 Å². The van der Waals surface area contributed by atoms with Crippen LogP contribution in [0, 0.1) is 11.8 Å². The Bertz CT molecular complexity index is 165. The van der Waals surface area contributed by atoms with Gasteiger partial charge in [0.2, 0.25) is 0 Å². The van der Waals surface area contributed by atoms with E-state index in [1.54, 1.807) is 0 Å². The van der Waals surface area contributed by atoms with Gasteiger partial charge in [0.25, 0.3) is 0 Å². The SMILES string of the molecule is CCCCCCCCCCN(CC(C)C)CC(C)C. The third-order valence-electron chi connectivity index (χ3n) is 3.57. The minimum atomic E-state index is 0.799. The lowest BCUT2D eigenvalue weighted by Gasteiger charge is -2.26. The summed E-state index contributed by atoms with van der Waals surface area (Å²) in [5, 5.41) is 0. The Balaban J connectivity index is 3.52. The second-order valence-electron chi connectivity index (χ2n) is 7.02. The zero-order valence-corrected chi connectivity index (χ0v) is 14.4. The Morgan fingerprint density at radius 3 is 1.47 bits per heavy atom. The normalized spacial score (nSPS) is 12.0. The van der Waals surface area contributed by atoms with Gasteiger partial charge in [0.05, 0.1) is 0 Å². The van der Waals surface area contributed by atoms with E-state index in [1.165, 1.54) is 71.0 Å². The Kier molecular flexibility index (Phi) is 12.9. The summed E-state index contributed by atoms with van der Waals surface area (Å²) in [5.41, 5.74) is 0. The van der Waals surface area contributed by atoms with Crippen molar-refractivity contribution in [2.75, 3.05) is 19.6 Å². The molecule has 1 heteroatoms. The largest absolute Gasteiger partial charge is 0.303 e. The van der Waals surface area contributed by atoms with Crippen molar-refractivity contribution in [1.82, 2.24) is 4.90 Å². The molecule has 0 amide bonds. The van der Waals surface area contributed by atoms with Crippen LogP contribution in [0.2, 0.25) is 0 Å². The average molecular weight is 270 g/mol. The maximum absolute atomic E-state index is 2.67. The van der Waals surface area contributed by atoms with Crippen molar-refractivity contribution in [3.63, 3.8) is 0 Å². The molecule has 0 spiro atoms. The summed E-state index contributed by atoms with van der Waals surface area (Å²) in [6, 6.07) is 0. The van der Waals surface area contributed by atoms with Gasteiger partial charge in [0.1, 0.15) is 0 Å². The first-order chi connectivity index (χ1) is 9.06. The van der Waals surface area contributed by atoms with E-state index in [0.29, 0.717) is 0 Å². The summed E-state index contributed by atoms with van der Waals surface area (Å²) in [6.07, 6.45) is 11.4. The first-order valence-electron chi connectivity index (χ1n) is 8.78. The molecule has 0 saturated carbocycles. The molecule has 0 fully saturated rings. The molecular formula is C18H39N. The Morgan fingerprint density at radius 1 is 0.632 bits per heavy atom. The summed E-state index contributed by atoms with van der Waals surface area (Å²) >= 11 is 0. The third-order valence-corrected chi connectivity index (χ3v) is 3.57. The zero-order valence-electron chi connectivity index (χ0n) is 14.4. The predicted molar refractivity (Wildman–Crippen MR) is 88.7 cm³/mol. The second-order valence-corrected chi connectivity index (χ2v) is 7.02. The van der Waals surface area contributed by atoms with Gasteiger partial charge in [0, 0.05) is 13.1 Å². The van der Waals surface area contributed by atoms with Gasteiger partial charge in [-0.3, -0.25) is 0 Å². The minimum absolute atomic E-state index is 0.799. The molecule has 0 aromatic heterocycles. The van der Waals surface area contributed by atoms with Crippen LogP contribution < -0.4 is 0 Å². The van der Waals surface area contributed by atoms with Crippen LogP contribution in [0.25, 0.3) is 0 Å². The van der Waals surface area contributed by atoms with E-state index in [1.807, 2.05) is 0 Å². The molecule has 0 aromatic rings. The molecule has 0 unspecified atom stereocenters. The van der Waals surface area contributed by atoms with Gasteiger partial charge in [-0.2, -0.15) is 0 Å². The van der Waals surface area contributed by atoms with Gasteiger partial charge in [0.15, 0.2) is 0 Å². The number of nitrogens with zero attached hydrogens (tertiary/aromatic N) is 1. The quantitative estimate of drug-likeness (QED) is 0.385. The molecule has 0 aliphatic rings. The van der Waals surface area contributed by atoms with Crippen molar-refractivity contribution in [2.45, 2.75) is 86.0 Å². The van der Waals surface area contributed by atoms with Gasteiger partial charge < -0.3 is 4.90 Å². The fraction of sp³-hybridized carbons (Fsp3) is 1.00. The molecule has 0 aliphatic carbocycles. The molecule has 0 aromatic carbocycles. The lowest BCUT2D eigenvalue weighted by Crippen LogP contribution is -2.32. The summed E-state index contributed by atoms with van der Waals surface area (Å²) in [4.78, 5) is 2.67. The molecule has 0 radical (unpaired) electrons. The molecule has 0 atom stereocenters. The van der Waals surface area contributed by atoms with E-state index in [0.717, 1.165) is 11.8 Å². The molecular weight excluding hydrogens is 230 g/mol. The maximum Gasteiger partial charge on any atom is 0.000449 e. The van der Waals surface area contributed by atoms with Crippen LogP contribution in [0.1, 0.15) is 86.0 Å². The molecule has 0 N–H and O–H groups in total. The van der Waals surface area contributed by atoms with Crippen molar-refractivity contribution in [2.24, 2.45) is 11.8 Å². The Morgan fingerprint density at radius 2 is 1.05 bits per heavy atom. The number of rotatable bonds is 13. The topological polar surface area (TPSA) is 3.24 Å². The van der Waals surface area contributed by atoms with Crippen LogP contribution in [0.3, 0.4) is 0 Å². The van der Waals surface area contributed by atoms with Gasteiger partial charge in [-0.1, -0.05) is 79.6 Å². The summed E-state index contributed by atoms with van der Waals surface area (Å²) < 4.78 is 0. The van der Waals surface area contributed by atoms with E-state index in [9.17, 15) is 0 Å². The molecule has 0 rings (SSSR count). The standard InChI is InChI=1S/C18H39N/c1-6-7-8-9-10-11-12-13-14-19(15-17(2)3)16-18(4)5/h17-18H,6-16H2,1-5H3. The highest BCUT2D eigenvalue weighted by atomic mass is 15.1. The van der Waals surface area contributed by atoms with Gasteiger partial charge >= 0.3 is 0 Å². The Hall–Kier alpha value is -0.0400. The van der Waals surface area contributed by atoms with E-state index in [4.69, 9.17) is 0 Å². The first-order valence-corrected chi connectivity index (χ1v) is 8.78. The van der Waals surface area contributed by atoms with Crippen LogP contribution in [0.4, 0.5) is 0 Å². The van der Waals surface area contributed by atoms with E-state index in [2.05, 4.69) is 39.5 Å². The van der Waals surface area contributed by atoms with Crippen LogP contribution in [0.5, 0.6) is 0 Å². The number of unbranched alkanes of at least 4 members (excludes halogenated alkanes) is 7. The van der Waals surface area contributed by atoms with Crippen molar-refractivity contribution in [1.29, 1.82) is 0 Å². The monoisotopic (exact) mass is 269 g/mol. The number of hydrogen-bond donors (Lipinski definition) is 0. The maximum atomic E-state index is 2.67. The van der Waals surface area contributed by atoms with Crippen molar-refractivity contribution < 1.29 is 0 Å². The summed E-state index contributed by atoms with van der Waals surface area (Å²) in [5.74, 6) is 1.60. The lowest BCUT2D eigenvalue weighted by molar-refractivity contribution is 0.215. The molecule has 19 heavy (non-hydrogen) atoms. The minimum Gasteiger partial charge on any atom is -0.303 e. The predicted octanol–water partition coefficient (Wildman–Crippen LogP) is 5.74. The molecule has 0 aliphatic heterocycles.